The molecule has 0 bridgehead atoms. The Hall–Kier alpha value is -4.44. The van der Waals surface area contributed by atoms with Crippen molar-refractivity contribution >= 4 is 40.9 Å². The van der Waals surface area contributed by atoms with E-state index in [1.165, 1.54) is 22.3 Å². The van der Waals surface area contributed by atoms with Gasteiger partial charge in [0.2, 0.25) is 5.91 Å². The summed E-state index contributed by atoms with van der Waals surface area (Å²) >= 11 is 1.39. The second-order valence-electron chi connectivity index (χ2n) is 9.58. The number of fused-ring (bicyclic) bond motifs is 1. The molecule has 0 radical (unpaired) electrons. The molecule has 0 spiro atoms. The molecule has 202 valence electrons. The van der Waals surface area contributed by atoms with E-state index in [0.29, 0.717) is 53.2 Å². The minimum atomic E-state index is -0.324. The normalized spacial score (nSPS) is 15.1. The van der Waals surface area contributed by atoms with Gasteiger partial charge in [0.1, 0.15) is 0 Å². The van der Waals surface area contributed by atoms with Gasteiger partial charge in [-0.15, -0.1) is 10.2 Å². The maximum Gasteiger partial charge on any atom is 0.266 e. The molecular formula is C30H28N6O3S. The largest absolute Gasteiger partial charge is 0.368 e. The van der Waals surface area contributed by atoms with Gasteiger partial charge in [0.25, 0.3) is 11.8 Å². The number of imide groups is 1. The third-order valence-corrected chi connectivity index (χ3v) is 8.24. The molecular weight excluding hydrogens is 524 g/mol. The number of thioether (sulfide) groups is 1. The van der Waals surface area contributed by atoms with Crippen molar-refractivity contribution in [1.82, 2.24) is 19.7 Å². The fraction of sp³-hybridized carbons (Fsp3) is 0.233. The van der Waals surface area contributed by atoms with E-state index in [1.54, 1.807) is 36.4 Å². The van der Waals surface area contributed by atoms with E-state index in [0.717, 1.165) is 18.7 Å². The molecule has 1 aromatic heterocycles. The first-order valence-corrected chi connectivity index (χ1v) is 14.3. The summed E-state index contributed by atoms with van der Waals surface area (Å²) in [7, 11) is 0. The van der Waals surface area contributed by atoms with Crippen LogP contribution in [-0.4, -0.2) is 69.3 Å². The van der Waals surface area contributed by atoms with Crippen molar-refractivity contribution in [3.05, 3.63) is 90.0 Å². The van der Waals surface area contributed by atoms with Crippen LogP contribution in [0.15, 0.2) is 84.0 Å². The highest BCUT2D eigenvalue weighted by molar-refractivity contribution is 7.99. The number of carbonyl (C=O) groups excluding carboxylic acids is 3. The quantitative estimate of drug-likeness (QED) is 0.251. The first-order chi connectivity index (χ1) is 19.5. The van der Waals surface area contributed by atoms with Gasteiger partial charge in [0.15, 0.2) is 11.0 Å². The van der Waals surface area contributed by atoms with Crippen LogP contribution < -0.4 is 9.80 Å². The minimum absolute atomic E-state index is 0.0928. The molecule has 2 aliphatic rings. The summed E-state index contributed by atoms with van der Waals surface area (Å²) in [6, 6.07) is 24.3. The summed E-state index contributed by atoms with van der Waals surface area (Å²) < 4.78 is 1.97. The number of carbonyl (C=O) groups is 3. The van der Waals surface area contributed by atoms with E-state index in [4.69, 9.17) is 0 Å². The number of nitrogens with zero attached hydrogens (tertiary/aromatic N) is 6. The highest BCUT2D eigenvalue weighted by Crippen LogP contribution is 2.31. The van der Waals surface area contributed by atoms with E-state index in [2.05, 4.69) is 27.2 Å². The molecule has 3 amide bonds. The summed E-state index contributed by atoms with van der Waals surface area (Å²) in [4.78, 5) is 44.0. The molecule has 1 saturated heterocycles. The molecule has 1 fully saturated rings. The van der Waals surface area contributed by atoms with Gasteiger partial charge >= 0.3 is 0 Å². The van der Waals surface area contributed by atoms with Crippen molar-refractivity contribution in [2.75, 3.05) is 41.7 Å². The van der Waals surface area contributed by atoms with Crippen LogP contribution in [0.3, 0.4) is 0 Å². The fourth-order valence-electron chi connectivity index (χ4n) is 5.15. The van der Waals surface area contributed by atoms with Gasteiger partial charge < -0.3 is 14.4 Å². The molecule has 0 atom stereocenters. The maximum atomic E-state index is 13.0. The smallest absolute Gasteiger partial charge is 0.266 e. The highest BCUT2D eigenvalue weighted by atomic mass is 32.2. The Balaban J connectivity index is 1.10. The third kappa shape index (κ3) is 4.75. The zero-order valence-corrected chi connectivity index (χ0v) is 22.9. The average molecular weight is 553 g/mol. The van der Waals surface area contributed by atoms with E-state index in [9.17, 15) is 14.4 Å². The molecule has 3 heterocycles. The second-order valence-corrected chi connectivity index (χ2v) is 10.5. The van der Waals surface area contributed by atoms with Crippen LogP contribution in [0.25, 0.3) is 11.4 Å². The predicted molar refractivity (Wildman–Crippen MR) is 155 cm³/mol. The number of aromatic nitrogens is 3. The first-order valence-electron chi connectivity index (χ1n) is 13.3. The summed E-state index contributed by atoms with van der Waals surface area (Å²) in [5, 5.41) is 9.43. The Labute approximate surface area is 236 Å². The van der Waals surface area contributed by atoms with Crippen LogP contribution in [0.4, 0.5) is 11.4 Å². The molecule has 10 heteroatoms. The van der Waals surface area contributed by atoms with Crippen molar-refractivity contribution in [3.8, 4) is 11.4 Å². The second kappa shape index (κ2) is 11.0. The summed E-state index contributed by atoms with van der Waals surface area (Å²) in [5.41, 5.74) is 3.33. The summed E-state index contributed by atoms with van der Waals surface area (Å²) in [6.45, 7) is 5.65. The molecule has 6 rings (SSSR count). The van der Waals surface area contributed by atoms with Gasteiger partial charge in [0, 0.05) is 44.0 Å². The van der Waals surface area contributed by atoms with Crippen LogP contribution in [-0.2, 0) is 11.3 Å². The van der Waals surface area contributed by atoms with Crippen LogP contribution in [0.1, 0.15) is 27.6 Å². The van der Waals surface area contributed by atoms with Crippen LogP contribution in [0.5, 0.6) is 0 Å². The van der Waals surface area contributed by atoms with Crippen LogP contribution >= 0.6 is 11.8 Å². The molecule has 40 heavy (non-hydrogen) atoms. The van der Waals surface area contributed by atoms with Gasteiger partial charge in [-0.3, -0.25) is 14.4 Å². The molecule has 3 aromatic carbocycles. The van der Waals surface area contributed by atoms with Crippen molar-refractivity contribution in [2.45, 2.75) is 18.6 Å². The van der Waals surface area contributed by atoms with E-state index < -0.39 is 0 Å². The molecule has 2 aliphatic heterocycles. The zero-order chi connectivity index (χ0) is 27.6. The number of para-hydroxylation sites is 1. The van der Waals surface area contributed by atoms with Crippen molar-refractivity contribution in [1.29, 1.82) is 0 Å². The lowest BCUT2D eigenvalue weighted by Gasteiger charge is -2.36. The Morgan fingerprint density at radius 3 is 2.02 bits per heavy atom. The van der Waals surface area contributed by atoms with Crippen molar-refractivity contribution < 1.29 is 14.4 Å². The lowest BCUT2D eigenvalue weighted by Crippen LogP contribution is -2.49. The molecule has 0 saturated carbocycles. The van der Waals surface area contributed by atoms with Crippen molar-refractivity contribution in [2.24, 2.45) is 0 Å². The first kappa shape index (κ1) is 25.8. The molecule has 0 N–H and O–H groups in total. The van der Waals surface area contributed by atoms with Gasteiger partial charge in [0.05, 0.1) is 22.6 Å². The maximum absolute atomic E-state index is 13.0. The Morgan fingerprint density at radius 2 is 1.40 bits per heavy atom. The molecule has 9 nitrogen and oxygen atoms in total. The van der Waals surface area contributed by atoms with Crippen LogP contribution in [0, 0.1) is 0 Å². The monoisotopic (exact) mass is 552 g/mol. The highest BCUT2D eigenvalue weighted by Gasteiger charge is 2.36. The number of amides is 3. The van der Waals surface area contributed by atoms with Gasteiger partial charge in [-0.05, 0) is 55.5 Å². The van der Waals surface area contributed by atoms with Crippen molar-refractivity contribution in [3.63, 3.8) is 0 Å². The lowest BCUT2D eigenvalue weighted by molar-refractivity contribution is -0.128. The predicted octanol–water partition coefficient (Wildman–Crippen LogP) is 4.21. The number of piperazine rings is 1. The van der Waals surface area contributed by atoms with E-state index >= 15 is 0 Å². The average Bonchev–Trinajstić information content (AvgIpc) is 3.54. The molecule has 4 aromatic rings. The van der Waals surface area contributed by atoms with Gasteiger partial charge in [-0.25, -0.2) is 4.90 Å². The number of anilines is 2. The lowest BCUT2D eigenvalue weighted by atomic mass is 10.1. The summed E-state index contributed by atoms with van der Waals surface area (Å²) in [5.74, 6) is 0.408. The van der Waals surface area contributed by atoms with Gasteiger partial charge in [-0.1, -0.05) is 42.1 Å². The van der Waals surface area contributed by atoms with Crippen LogP contribution in [0.2, 0.25) is 0 Å². The minimum Gasteiger partial charge on any atom is -0.368 e. The Bertz CT molecular complexity index is 1530. The standard InChI is InChI=1S/C30H28N6O3S/c1-2-35-27(21-12-14-23(15-13-21)36-28(38)24-10-6-7-11-25(24)29(36)39)31-32-30(35)40-20-26(37)34-18-16-33(17-19-34)22-8-4-3-5-9-22/h3-15H,2,16-20H2,1H3. The Morgan fingerprint density at radius 1 is 0.775 bits per heavy atom. The third-order valence-electron chi connectivity index (χ3n) is 7.29. The SMILES string of the molecule is CCn1c(SCC(=O)N2CCN(c3ccccc3)CC2)nnc1-c1ccc(N2C(=O)c3ccccc3C2=O)cc1. The summed E-state index contributed by atoms with van der Waals surface area (Å²) in [6.07, 6.45) is 0. The number of hydrogen-bond acceptors (Lipinski definition) is 7. The molecule has 0 unspecified atom stereocenters. The van der Waals surface area contributed by atoms with Gasteiger partial charge in [-0.2, -0.15) is 0 Å². The fourth-order valence-corrected chi connectivity index (χ4v) is 6.05. The number of benzene rings is 3. The molecule has 0 aliphatic carbocycles. The number of hydrogen-bond donors (Lipinski definition) is 0. The number of rotatable bonds is 7. The van der Waals surface area contributed by atoms with E-state index in [-0.39, 0.29) is 17.7 Å². The van der Waals surface area contributed by atoms with E-state index in [1.807, 2.05) is 46.7 Å². The zero-order valence-electron chi connectivity index (χ0n) is 22.1. The topological polar surface area (TPSA) is 91.6 Å². The Kier molecular flexibility index (Phi) is 7.08.